The Morgan fingerprint density at radius 1 is 1.58 bits per heavy atom. The average molecular weight is 259 g/mol. The van der Waals surface area contributed by atoms with Crippen LogP contribution in [0.4, 0.5) is 0 Å². The van der Waals surface area contributed by atoms with Crippen molar-refractivity contribution in [2.45, 2.75) is 18.1 Å². The molecule has 0 radical (unpaired) electrons. The van der Waals surface area contributed by atoms with E-state index in [-0.39, 0.29) is 6.42 Å². The smallest absolute Gasteiger partial charge is 0.324 e. The van der Waals surface area contributed by atoms with Crippen molar-refractivity contribution in [3.05, 3.63) is 0 Å². The molecule has 0 bridgehead atoms. The zero-order valence-electron chi connectivity index (χ0n) is 6.87. The molecular formula is C6H11BrO4S. The molecule has 72 valence electrons. The lowest BCUT2D eigenvalue weighted by molar-refractivity contribution is -0.139. The van der Waals surface area contributed by atoms with Crippen molar-refractivity contribution in [2.24, 2.45) is 0 Å². The summed E-state index contributed by atoms with van der Waals surface area (Å²) < 4.78 is 20.5. The van der Waals surface area contributed by atoms with E-state index in [1.165, 1.54) is 6.92 Å². The Labute approximate surface area is 80.0 Å². The first-order valence-corrected chi connectivity index (χ1v) is 6.26. The maximum Gasteiger partial charge on any atom is 0.324 e. The molecule has 1 N–H and O–H groups in total. The minimum absolute atomic E-state index is 0.0706. The van der Waals surface area contributed by atoms with Gasteiger partial charge in [-0.2, -0.15) is 0 Å². The number of carboxylic acids is 1. The summed E-state index contributed by atoms with van der Waals surface area (Å²) in [5.74, 6) is -1.30. The van der Waals surface area contributed by atoms with Gasteiger partial charge in [0, 0.05) is 11.6 Å². The number of halogens is 1. The highest BCUT2D eigenvalue weighted by atomic mass is 79.9. The van der Waals surface area contributed by atoms with Crippen molar-refractivity contribution in [3.63, 3.8) is 0 Å². The monoisotopic (exact) mass is 258 g/mol. The van der Waals surface area contributed by atoms with Crippen LogP contribution in [0, 0.1) is 0 Å². The topological polar surface area (TPSA) is 71.4 Å². The molecule has 0 amide bonds. The van der Waals surface area contributed by atoms with Crippen LogP contribution in [-0.4, -0.2) is 35.8 Å². The second-order valence-electron chi connectivity index (χ2n) is 2.75. The molecule has 0 saturated heterocycles. The molecule has 0 aromatic heterocycles. The van der Waals surface area contributed by atoms with Crippen molar-refractivity contribution in [3.8, 4) is 0 Å². The van der Waals surface area contributed by atoms with Crippen molar-refractivity contribution in [2.75, 3.05) is 11.6 Å². The fourth-order valence-electron chi connectivity index (χ4n) is 0.631. The third-order valence-corrected chi connectivity index (χ3v) is 4.25. The minimum atomic E-state index is -3.56. The lowest BCUT2D eigenvalue weighted by atomic mass is 10.1. The molecule has 0 spiro atoms. The van der Waals surface area contributed by atoms with E-state index in [0.717, 1.165) is 6.26 Å². The molecule has 1 atom stereocenters. The molecule has 0 aliphatic heterocycles. The van der Waals surface area contributed by atoms with Crippen LogP contribution >= 0.6 is 15.9 Å². The van der Waals surface area contributed by atoms with Gasteiger partial charge in [0.1, 0.15) is 0 Å². The number of carboxylic acid groups (broad SMARTS) is 1. The van der Waals surface area contributed by atoms with E-state index in [0.29, 0.717) is 5.33 Å². The van der Waals surface area contributed by atoms with Crippen LogP contribution in [0.15, 0.2) is 0 Å². The van der Waals surface area contributed by atoms with Gasteiger partial charge in [-0.15, -0.1) is 0 Å². The van der Waals surface area contributed by atoms with Crippen molar-refractivity contribution in [1.82, 2.24) is 0 Å². The number of alkyl halides is 1. The third-order valence-electron chi connectivity index (χ3n) is 1.84. The van der Waals surface area contributed by atoms with Gasteiger partial charge in [0.2, 0.25) is 0 Å². The van der Waals surface area contributed by atoms with Crippen LogP contribution in [0.2, 0.25) is 0 Å². The summed E-state index contributed by atoms with van der Waals surface area (Å²) in [6.45, 7) is 1.21. The molecule has 6 heteroatoms. The molecule has 0 rings (SSSR count). The fourth-order valence-corrected chi connectivity index (χ4v) is 2.48. The van der Waals surface area contributed by atoms with Gasteiger partial charge in [-0.05, 0) is 13.3 Å². The van der Waals surface area contributed by atoms with Gasteiger partial charge in [0.25, 0.3) is 0 Å². The van der Waals surface area contributed by atoms with Gasteiger partial charge >= 0.3 is 5.97 Å². The van der Waals surface area contributed by atoms with E-state index in [9.17, 15) is 13.2 Å². The third kappa shape index (κ3) is 2.20. The summed E-state index contributed by atoms with van der Waals surface area (Å²) in [6.07, 6.45) is 1.00. The predicted octanol–water partition coefficient (Wildman–Crippen LogP) is 0.659. The van der Waals surface area contributed by atoms with Crippen LogP contribution < -0.4 is 0 Å². The molecular weight excluding hydrogens is 248 g/mol. The number of hydrogen-bond donors (Lipinski definition) is 1. The largest absolute Gasteiger partial charge is 0.480 e. The van der Waals surface area contributed by atoms with Crippen LogP contribution in [0.3, 0.4) is 0 Å². The highest BCUT2D eigenvalue weighted by Gasteiger charge is 2.42. The first kappa shape index (κ1) is 11.9. The van der Waals surface area contributed by atoms with Gasteiger partial charge < -0.3 is 5.11 Å². The van der Waals surface area contributed by atoms with E-state index >= 15 is 0 Å². The van der Waals surface area contributed by atoms with Crippen molar-refractivity contribution >= 4 is 31.7 Å². The molecule has 0 aliphatic carbocycles. The lowest BCUT2D eigenvalue weighted by Gasteiger charge is -2.21. The summed E-state index contributed by atoms with van der Waals surface area (Å²) in [7, 11) is -3.56. The standard InChI is InChI=1S/C6H11BrO4S/c1-6(3-4-7,5(8)9)12(2,10)11/h3-4H2,1-2H3,(H,8,9). The molecule has 0 heterocycles. The van der Waals surface area contributed by atoms with Crippen LogP contribution in [0.1, 0.15) is 13.3 Å². The zero-order chi connectivity index (χ0) is 9.99. The first-order valence-electron chi connectivity index (χ1n) is 3.24. The lowest BCUT2D eigenvalue weighted by Crippen LogP contribution is -2.43. The summed E-state index contributed by atoms with van der Waals surface area (Å²) in [5.41, 5.74) is 0. The van der Waals surface area contributed by atoms with Crippen LogP contribution in [0.25, 0.3) is 0 Å². The molecule has 0 aliphatic rings. The molecule has 0 saturated carbocycles. The van der Waals surface area contributed by atoms with Gasteiger partial charge in [-0.3, -0.25) is 4.79 Å². The Bertz CT molecular complexity index is 271. The molecule has 0 aromatic carbocycles. The van der Waals surface area contributed by atoms with Gasteiger partial charge in [-0.1, -0.05) is 15.9 Å². The normalized spacial score (nSPS) is 16.9. The summed E-state index contributed by atoms with van der Waals surface area (Å²) >= 11 is 3.02. The Hall–Kier alpha value is -0.100. The van der Waals surface area contributed by atoms with Crippen molar-refractivity contribution < 1.29 is 18.3 Å². The quantitative estimate of drug-likeness (QED) is 0.753. The second-order valence-corrected chi connectivity index (χ2v) is 5.99. The Morgan fingerprint density at radius 2 is 2.00 bits per heavy atom. The second kappa shape index (κ2) is 3.74. The number of sulfone groups is 1. The maximum absolute atomic E-state index is 11.1. The van der Waals surface area contributed by atoms with Gasteiger partial charge in [-0.25, -0.2) is 8.42 Å². The SMILES string of the molecule is CC(CCBr)(C(=O)O)S(C)(=O)=O. The number of carbonyl (C=O) groups is 1. The van der Waals surface area contributed by atoms with E-state index in [1.54, 1.807) is 0 Å². The van der Waals surface area contributed by atoms with E-state index in [2.05, 4.69) is 15.9 Å². The first-order chi connectivity index (χ1) is 5.25. The summed E-state index contributed by atoms with van der Waals surface area (Å²) in [4.78, 5) is 10.7. The minimum Gasteiger partial charge on any atom is -0.480 e. The van der Waals surface area contributed by atoms with Crippen molar-refractivity contribution in [1.29, 1.82) is 0 Å². The number of aliphatic carboxylic acids is 1. The molecule has 4 nitrogen and oxygen atoms in total. The Kier molecular flexibility index (Phi) is 3.71. The molecule has 12 heavy (non-hydrogen) atoms. The number of hydrogen-bond acceptors (Lipinski definition) is 3. The summed E-state index contributed by atoms with van der Waals surface area (Å²) in [5, 5.41) is 9.05. The van der Waals surface area contributed by atoms with Crippen LogP contribution in [0.5, 0.6) is 0 Å². The number of rotatable bonds is 4. The summed E-state index contributed by atoms with van der Waals surface area (Å²) in [6, 6.07) is 0. The van der Waals surface area contributed by atoms with Gasteiger partial charge in [0.15, 0.2) is 14.6 Å². The fraction of sp³-hybridized carbons (Fsp3) is 0.833. The van der Waals surface area contributed by atoms with E-state index in [4.69, 9.17) is 5.11 Å². The highest BCUT2D eigenvalue weighted by Crippen LogP contribution is 2.21. The van der Waals surface area contributed by atoms with Crippen LogP contribution in [-0.2, 0) is 14.6 Å². The van der Waals surface area contributed by atoms with E-state index in [1.807, 2.05) is 0 Å². The van der Waals surface area contributed by atoms with Gasteiger partial charge in [0.05, 0.1) is 0 Å². The predicted molar refractivity (Wildman–Crippen MR) is 49.3 cm³/mol. The average Bonchev–Trinajstić information content (AvgIpc) is 1.85. The Balaban J connectivity index is 5.02. The maximum atomic E-state index is 11.1. The molecule has 1 unspecified atom stereocenters. The zero-order valence-corrected chi connectivity index (χ0v) is 9.27. The highest BCUT2D eigenvalue weighted by molar-refractivity contribution is 9.09. The van der Waals surface area contributed by atoms with E-state index < -0.39 is 20.6 Å². The Morgan fingerprint density at radius 3 is 2.08 bits per heavy atom. The molecule has 0 fully saturated rings. The molecule has 0 aromatic rings.